The molecule has 0 saturated heterocycles. The lowest BCUT2D eigenvalue weighted by atomic mass is 10.2. The molecule has 1 N–H and O–H groups in total. The van der Waals surface area contributed by atoms with E-state index in [1.54, 1.807) is 4.52 Å². The van der Waals surface area contributed by atoms with Crippen molar-refractivity contribution in [2.75, 3.05) is 5.32 Å². The lowest BCUT2D eigenvalue weighted by Gasteiger charge is -1.98. The Morgan fingerprint density at radius 1 is 1.11 bits per heavy atom. The van der Waals surface area contributed by atoms with Crippen LogP contribution in [0.25, 0.3) is 16.2 Å². The first-order valence-electron chi connectivity index (χ1n) is 8.52. The van der Waals surface area contributed by atoms with E-state index >= 15 is 0 Å². The minimum Gasteiger partial charge on any atom is -0.302 e. The molecule has 1 aromatic carbocycles. The molecule has 0 fully saturated rings. The van der Waals surface area contributed by atoms with Gasteiger partial charge in [-0.25, -0.2) is 14.5 Å². The molecule has 7 nitrogen and oxygen atoms in total. The fourth-order valence-corrected chi connectivity index (χ4v) is 3.88. The van der Waals surface area contributed by atoms with Gasteiger partial charge in [0.15, 0.2) is 11.0 Å². The number of carbonyl (C=O) groups excluding carboxylic acids is 1. The first-order chi connectivity index (χ1) is 13.0. The number of amides is 1. The van der Waals surface area contributed by atoms with Crippen LogP contribution < -0.4 is 5.32 Å². The Hall–Kier alpha value is -3.13. The monoisotopic (exact) mass is 378 g/mol. The highest BCUT2D eigenvalue weighted by molar-refractivity contribution is 7.19. The van der Waals surface area contributed by atoms with Gasteiger partial charge >= 0.3 is 0 Å². The number of aryl methyl sites for hydroxylation is 3. The van der Waals surface area contributed by atoms with E-state index in [0.717, 1.165) is 27.5 Å². The molecule has 0 radical (unpaired) electrons. The largest absolute Gasteiger partial charge is 0.302 e. The number of fused-ring (bicyclic) bond motifs is 1. The lowest BCUT2D eigenvalue weighted by molar-refractivity contribution is -0.115. The molecule has 0 saturated carbocycles. The molecule has 0 spiro atoms. The molecule has 0 atom stereocenters. The predicted octanol–water partition coefficient (Wildman–Crippen LogP) is 3.35. The first-order valence-corrected chi connectivity index (χ1v) is 9.34. The number of anilines is 1. The fourth-order valence-electron chi connectivity index (χ4n) is 2.90. The van der Waals surface area contributed by atoms with Gasteiger partial charge in [0, 0.05) is 11.4 Å². The summed E-state index contributed by atoms with van der Waals surface area (Å²) >= 11 is 1.46. The van der Waals surface area contributed by atoms with Crippen molar-refractivity contribution in [1.29, 1.82) is 0 Å². The van der Waals surface area contributed by atoms with Crippen LogP contribution in [0.15, 0.2) is 36.4 Å². The number of carbonyl (C=O) groups is 1. The third-order valence-corrected chi connectivity index (χ3v) is 5.18. The highest BCUT2D eigenvalue weighted by atomic mass is 32.1. The number of hydrogen-bond donors (Lipinski definition) is 1. The van der Waals surface area contributed by atoms with Gasteiger partial charge in [-0.1, -0.05) is 41.7 Å². The SMILES string of the molecule is Cc1cc(C)n2nc(CC(=O)Nc3nc(C)c(-c4ccccc4)s3)nc2n1. The van der Waals surface area contributed by atoms with Crippen LogP contribution >= 0.6 is 11.3 Å². The van der Waals surface area contributed by atoms with Gasteiger partial charge in [-0.05, 0) is 32.4 Å². The summed E-state index contributed by atoms with van der Waals surface area (Å²) in [7, 11) is 0. The van der Waals surface area contributed by atoms with Crippen LogP contribution in [0.2, 0.25) is 0 Å². The molecule has 0 aliphatic rings. The zero-order valence-corrected chi connectivity index (χ0v) is 16.0. The molecule has 0 bridgehead atoms. The number of nitrogens with zero attached hydrogens (tertiary/aromatic N) is 5. The highest BCUT2D eigenvalue weighted by Gasteiger charge is 2.15. The topological polar surface area (TPSA) is 85.1 Å². The summed E-state index contributed by atoms with van der Waals surface area (Å²) in [6.45, 7) is 5.78. The van der Waals surface area contributed by atoms with E-state index in [0.29, 0.717) is 16.7 Å². The van der Waals surface area contributed by atoms with Crippen molar-refractivity contribution in [2.45, 2.75) is 27.2 Å². The van der Waals surface area contributed by atoms with E-state index in [1.807, 2.05) is 57.2 Å². The van der Waals surface area contributed by atoms with Crippen molar-refractivity contribution in [2.24, 2.45) is 0 Å². The summed E-state index contributed by atoms with van der Waals surface area (Å²) in [5.41, 5.74) is 3.78. The van der Waals surface area contributed by atoms with Crippen molar-refractivity contribution in [3.8, 4) is 10.4 Å². The maximum absolute atomic E-state index is 12.4. The van der Waals surface area contributed by atoms with E-state index < -0.39 is 0 Å². The molecule has 1 amide bonds. The second kappa shape index (κ2) is 6.88. The molecule has 0 unspecified atom stereocenters. The van der Waals surface area contributed by atoms with Gasteiger partial charge in [0.25, 0.3) is 5.78 Å². The zero-order valence-electron chi connectivity index (χ0n) is 15.2. The Morgan fingerprint density at radius 3 is 2.67 bits per heavy atom. The second-order valence-corrected chi connectivity index (χ2v) is 7.30. The van der Waals surface area contributed by atoms with Gasteiger partial charge in [0.05, 0.1) is 17.0 Å². The Morgan fingerprint density at radius 2 is 1.89 bits per heavy atom. The number of benzene rings is 1. The number of aromatic nitrogens is 5. The number of thiazole rings is 1. The van der Waals surface area contributed by atoms with Crippen LogP contribution in [0.3, 0.4) is 0 Å². The lowest BCUT2D eigenvalue weighted by Crippen LogP contribution is -2.15. The van der Waals surface area contributed by atoms with E-state index in [4.69, 9.17) is 0 Å². The summed E-state index contributed by atoms with van der Waals surface area (Å²) in [6.07, 6.45) is 0.0706. The van der Waals surface area contributed by atoms with Crippen molar-refractivity contribution in [3.63, 3.8) is 0 Å². The van der Waals surface area contributed by atoms with Crippen LogP contribution in [0.1, 0.15) is 22.9 Å². The van der Waals surface area contributed by atoms with E-state index in [-0.39, 0.29) is 12.3 Å². The molecule has 136 valence electrons. The van der Waals surface area contributed by atoms with E-state index in [1.165, 1.54) is 11.3 Å². The maximum atomic E-state index is 12.4. The molecule has 27 heavy (non-hydrogen) atoms. The molecule has 8 heteroatoms. The Kier molecular flexibility index (Phi) is 4.41. The molecule has 0 aliphatic heterocycles. The molecular weight excluding hydrogens is 360 g/mol. The number of nitrogens with one attached hydrogen (secondary N) is 1. The number of hydrogen-bond acceptors (Lipinski definition) is 6. The van der Waals surface area contributed by atoms with Gasteiger partial charge in [0.1, 0.15) is 0 Å². The summed E-state index contributed by atoms with van der Waals surface area (Å²) in [5.74, 6) is 0.741. The van der Waals surface area contributed by atoms with Crippen molar-refractivity contribution in [3.05, 3.63) is 59.3 Å². The van der Waals surface area contributed by atoms with Crippen LogP contribution in [0.4, 0.5) is 5.13 Å². The quantitative estimate of drug-likeness (QED) is 0.589. The summed E-state index contributed by atoms with van der Waals surface area (Å²) < 4.78 is 1.65. The van der Waals surface area contributed by atoms with Gasteiger partial charge < -0.3 is 5.32 Å². The highest BCUT2D eigenvalue weighted by Crippen LogP contribution is 2.32. The molecule has 0 aliphatic carbocycles. The number of rotatable bonds is 4. The third-order valence-electron chi connectivity index (χ3n) is 4.06. The van der Waals surface area contributed by atoms with Crippen LogP contribution in [0.5, 0.6) is 0 Å². The standard InChI is InChI=1S/C19H18N6OS/c1-11-9-12(2)25-18(20-11)22-15(24-25)10-16(26)23-19-21-13(3)17(27-19)14-7-5-4-6-8-14/h4-9H,10H2,1-3H3,(H,21,23,26). The Labute approximate surface area is 160 Å². The second-order valence-electron chi connectivity index (χ2n) is 6.30. The van der Waals surface area contributed by atoms with Crippen molar-refractivity contribution < 1.29 is 4.79 Å². The maximum Gasteiger partial charge on any atom is 0.252 e. The van der Waals surface area contributed by atoms with Crippen LogP contribution in [-0.4, -0.2) is 30.5 Å². The van der Waals surface area contributed by atoms with Crippen LogP contribution in [-0.2, 0) is 11.2 Å². The molecule has 3 aromatic heterocycles. The summed E-state index contributed by atoms with van der Waals surface area (Å²) in [5, 5.41) is 7.80. The Balaban J connectivity index is 1.51. The van der Waals surface area contributed by atoms with Crippen molar-refractivity contribution >= 4 is 28.2 Å². The normalized spacial score (nSPS) is 11.1. The van der Waals surface area contributed by atoms with Gasteiger partial charge in [-0.2, -0.15) is 4.98 Å². The minimum absolute atomic E-state index is 0.0706. The van der Waals surface area contributed by atoms with E-state index in [2.05, 4.69) is 25.4 Å². The first kappa shape index (κ1) is 17.3. The predicted molar refractivity (Wildman–Crippen MR) is 105 cm³/mol. The van der Waals surface area contributed by atoms with Gasteiger partial charge in [-0.15, -0.1) is 5.10 Å². The van der Waals surface area contributed by atoms with E-state index in [9.17, 15) is 4.79 Å². The van der Waals surface area contributed by atoms with Crippen LogP contribution in [0, 0.1) is 20.8 Å². The smallest absolute Gasteiger partial charge is 0.252 e. The molecule has 4 aromatic rings. The molecule has 3 heterocycles. The van der Waals surface area contributed by atoms with Crippen molar-refractivity contribution in [1.82, 2.24) is 24.6 Å². The average molecular weight is 378 g/mol. The summed E-state index contributed by atoms with van der Waals surface area (Å²) in [4.78, 5) is 26.6. The molecular formula is C19H18N6OS. The molecule has 4 rings (SSSR count). The van der Waals surface area contributed by atoms with Gasteiger partial charge in [-0.3, -0.25) is 4.79 Å². The Bertz CT molecular complexity index is 1130. The summed E-state index contributed by atoms with van der Waals surface area (Å²) in [6, 6.07) is 11.9. The van der Waals surface area contributed by atoms with Gasteiger partial charge in [0.2, 0.25) is 5.91 Å². The fraction of sp³-hybridized carbons (Fsp3) is 0.211. The minimum atomic E-state index is -0.200. The third kappa shape index (κ3) is 3.56. The zero-order chi connectivity index (χ0) is 19.0. The average Bonchev–Trinajstić information content (AvgIpc) is 3.18.